The first kappa shape index (κ1) is 38.5. The van der Waals surface area contributed by atoms with Gasteiger partial charge in [0, 0.05) is 55.3 Å². The van der Waals surface area contributed by atoms with E-state index in [1.54, 1.807) is 0 Å². The Morgan fingerprint density at radius 1 is 0.562 bits per heavy atom. The molecule has 0 spiro atoms. The average Bonchev–Trinajstić information content (AvgIpc) is 3.99. The molecule has 11 rings (SSSR count). The van der Waals surface area contributed by atoms with Gasteiger partial charge in [-0.1, -0.05) is 146 Å². The van der Waals surface area contributed by atoms with Crippen molar-refractivity contribution in [2.24, 2.45) is 10.7 Å². The number of aliphatic imine (C=N–C) groups is 1. The van der Waals surface area contributed by atoms with Crippen molar-refractivity contribution in [3.63, 3.8) is 0 Å². The van der Waals surface area contributed by atoms with Crippen LogP contribution in [0.25, 0.3) is 88.9 Å². The Morgan fingerprint density at radius 2 is 1.17 bits per heavy atom. The van der Waals surface area contributed by atoms with Crippen molar-refractivity contribution in [2.45, 2.75) is 13.5 Å². The van der Waals surface area contributed by atoms with E-state index in [1.165, 1.54) is 21.7 Å². The fraction of sp³-hybridized carbons (Fsp3) is 0.0339. The summed E-state index contributed by atoms with van der Waals surface area (Å²) in [5.41, 5.74) is 23.1. The minimum Gasteiger partial charge on any atom is -0.456 e. The molecule has 0 saturated carbocycles. The molecule has 0 bridgehead atoms. The van der Waals surface area contributed by atoms with Gasteiger partial charge < -0.3 is 19.3 Å². The van der Waals surface area contributed by atoms with E-state index in [1.807, 2.05) is 36.4 Å². The van der Waals surface area contributed by atoms with Crippen molar-refractivity contribution in [3.8, 4) is 22.5 Å². The molecule has 0 aliphatic heterocycles. The van der Waals surface area contributed by atoms with Crippen molar-refractivity contribution in [2.75, 3.05) is 0 Å². The van der Waals surface area contributed by atoms with Gasteiger partial charge in [-0.25, -0.2) is 0 Å². The molecule has 8 aromatic carbocycles. The number of nitrogens with zero attached hydrogens (tertiary/aromatic N) is 3. The van der Waals surface area contributed by atoms with E-state index in [2.05, 4.69) is 199 Å². The summed E-state index contributed by atoms with van der Waals surface area (Å²) in [6.45, 7) is 6.68. The highest BCUT2D eigenvalue weighted by Crippen LogP contribution is 2.37. The molecular formula is C59H44N4O. The molecule has 0 radical (unpaired) electrons. The van der Waals surface area contributed by atoms with Crippen LogP contribution in [0.2, 0.25) is 0 Å². The second-order valence-electron chi connectivity index (χ2n) is 16.2. The van der Waals surface area contributed by atoms with E-state index in [0.29, 0.717) is 12.2 Å². The second kappa shape index (κ2) is 16.1. The zero-order valence-corrected chi connectivity index (χ0v) is 35.4. The van der Waals surface area contributed by atoms with Gasteiger partial charge in [0.1, 0.15) is 11.2 Å². The first-order valence-electron chi connectivity index (χ1n) is 21.6. The molecule has 306 valence electrons. The van der Waals surface area contributed by atoms with Gasteiger partial charge in [0.05, 0.1) is 28.8 Å². The molecule has 3 heterocycles. The summed E-state index contributed by atoms with van der Waals surface area (Å²) in [5, 5.41) is 5.78. The Bertz CT molecular complexity index is 3630. The number of benzene rings is 8. The Morgan fingerprint density at radius 3 is 1.91 bits per heavy atom. The van der Waals surface area contributed by atoms with Crippen LogP contribution in [0, 0.1) is 6.92 Å². The second-order valence-corrected chi connectivity index (χ2v) is 16.2. The van der Waals surface area contributed by atoms with E-state index in [9.17, 15) is 0 Å². The van der Waals surface area contributed by atoms with Crippen molar-refractivity contribution in [1.29, 1.82) is 0 Å². The van der Waals surface area contributed by atoms with Gasteiger partial charge in [-0.05, 0) is 108 Å². The van der Waals surface area contributed by atoms with Gasteiger partial charge in [-0.3, -0.25) is 4.99 Å². The fourth-order valence-electron chi connectivity index (χ4n) is 9.25. The molecule has 0 aliphatic carbocycles. The molecule has 5 heteroatoms. The molecule has 0 unspecified atom stereocenters. The molecule has 3 aromatic heterocycles. The van der Waals surface area contributed by atoms with E-state index < -0.39 is 0 Å². The number of para-hydroxylation sites is 4. The van der Waals surface area contributed by atoms with Crippen LogP contribution in [0.5, 0.6) is 0 Å². The minimum atomic E-state index is 0.479. The summed E-state index contributed by atoms with van der Waals surface area (Å²) in [6, 6.07) is 66.1. The predicted molar refractivity (Wildman–Crippen MR) is 270 cm³/mol. The van der Waals surface area contributed by atoms with Crippen LogP contribution in [0.1, 0.15) is 27.9 Å². The van der Waals surface area contributed by atoms with Crippen LogP contribution in [0.3, 0.4) is 0 Å². The topological polar surface area (TPSA) is 61.4 Å². The van der Waals surface area contributed by atoms with Crippen molar-refractivity contribution < 1.29 is 4.42 Å². The lowest BCUT2D eigenvalue weighted by Crippen LogP contribution is -2.08. The maximum atomic E-state index is 7.22. The maximum Gasteiger partial charge on any atom is 0.135 e. The lowest BCUT2D eigenvalue weighted by atomic mass is 9.99. The third kappa shape index (κ3) is 6.80. The van der Waals surface area contributed by atoms with Gasteiger partial charge in [-0.2, -0.15) is 0 Å². The van der Waals surface area contributed by atoms with Crippen molar-refractivity contribution in [3.05, 3.63) is 241 Å². The van der Waals surface area contributed by atoms with E-state index >= 15 is 0 Å². The zero-order chi connectivity index (χ0) is 43.1. The molecule has 2 N–H and O–H groups in total. The van der Waals surface area contributed by atoms with Crippen LogP contribution in [0.15, 0.2) is 222 Å². The van der Waals surface area contributed by atoms with E-state index in [4.69, 9.17) is 15.1 Å². The number of nitrogens with two attached hydrogens (primary N) is 1. The Kier molecular flexibility index (Phi) is 9.70. The summed E-state index contributed by atoms with van der Waals surface area (Å²) in [6.07, 6.45) is 8.03. The molecular weight excluding hydrogens is 781 g/mol. The molecule has 11 aromatic rings. The number of hydrogen-bond acceptors (Lipinski definition) is 3. The monoisotopic (exact) mass is 824 g/mol. The summed E-state index contributed by atoms with van der Waals surface area (Å²) in [7, 11) is 0. The highest BCUT2D eigenvalue weighted by Gasteiger charge is 2.19. The standard InChI is InChI=1S/C59H44N4O/c1-3-4-25-54-39(2)47-21-8-12-26-55(47)62(54)45-33-44(34-46(36-45)63-56-27-13-9-22-48(56)49-23-10-14-28-57(49)63)53(61-38-40-17-6-5-7-18-40)37-52(60)43-20-16-19-41(32-43)42-30-31-59-51(35-42)50-24-11-15-29-58(50)64-59/h3-37H,1,38,60H2,2H3/b25-4-,52-37-,61-53?. The summed E-state index contributed by atoms with van der Waals surface area (Å²) in [4.78, 5) is 5.39. The smallest absolute Gasteiger partial charge is 0.135 e. The van der Waals surface area contributed by atoms with Gasteiger partial charge in [0.25, 0.3) is 0 Å². The third-order valence-corrected chi connectivity index (χ3v) is 12.3. The van der Waals surface area contributed by atoms with Crippen LogP contribution >= 0.6 is 0 Å². The summed E-state index contributed by atoms with van der Waals surface area (Å²) >= 11 is 0. The Hall–Kier alpha value is -8.41. The quantitative estimate of drug-likeness (QED) is 0.110. The number of aromatic nitrogens is 2. The van der Waals surface area contributed by atoms with Crippen LogP contribution in [0.4, 0.5) is 0 Å². The van der Waals surface area contributed by atoms with Gasteiger partial charge in [0.2, 0.25) is 0 Å². The summed E-state index contributed by atoms with van der Waals surface area (Å²) < 4.78 is 10.9. The predicted octanol–water partition coefficient (Wildman–Crippen LogP) is 14.8. The lowest BCUT2D eigenvalue weighted by Gasteiger charge is -2.17. The van der Waals surface area contributed by atoms with Crippen LogP contribution in [-0.4, -0.2) is 14.8 Å². The molecule has 0 aliphatic rings. The average molecular weight is 825 g/mol. The summed E-state index contributed by atoms with van der Waals surface area (Å²) in [5.74, 6) is 0. The number of fused-ring (bicyclic) bond motifs is 7. The molecule has 0 fully saturated rings. The molecule has 0 saturated heterocycles. The minimum absolute atomic E-state index is 0.479. The van der Waals surface area contributed by atoms with Crippen molar-refractivity contribution in [1.82, 2.24) is 9.13 Å². The highest BCUT2D eigenvalue weighted by molar-refractivity contribution is 6.14. The first-order valence-corrected chi connectivity index (χ1v) is 21.6. The van der Waals surface area contributed by atoms with Crippen molar-refractivity contribution >= 4 is 72.1 Å². The number of aryl methyl sites for hydroxylation is 1. The Labute approximate surface area is 371 Å². The molecule has 64 heavy (non-hydrogen) atoms. The van der Waals surface area contributed by atoms with Crippen LogP contribution in [-0.2, 0) is 6.54 Å². The Balaban J connectivity index is 1.12. The van der Waals surface area contributed by atoms with E-state index in [-0.39, 0.29) is 0 Å². The van der Waals surface area contributed by atoms with Crippen LogP contribution < -0.4 is 5.73 Å². The number of furan rings is 1. The maximum absolute atomic E-state index is 7.22. The number of allylic oxidation sites excluding steroid dienone is 3. The van der Waals surface area contributed by atoms with Gasteiger partial charge >= 0.3 is 0 Å². The molecule has 0 atom stereocenters. The number of hydrogen-bond donors (Lipinski definition) is 1. The molecule has 0 amide bonds. The number of rotatable bonds is 10. The molecule has 5 nitrogen and oxygen atoms in total. The highest BCUT2D eigenvalue weighted by atomic mass is 16.3. The van der Waals surface area contributed by atoms with Gasteiger partial charge in [-0.15, -0.1) is 0 Å². The fourth-order valence-corrected chi connectivity index (χ4v) is 9.25. The SMILES string of the molecule is C=C/C=C\c1c(C)c2ccccc2n1-c1cc(C(/C=C(\N)c2cccc(-c3ccc4oc5ccccc5c4c3)c2)=NCc2ccccc2)cc(-n2c3ccccc3c3ccccc32)c1. The third-order valence-electron chi connectivity index (χ3n) is 12.3. The normalized spacial score (nSPS) is 12.5. The van der Waals surface area contributed by atoms with E-state index in [0.717, 1.165) is 89.1 Å². The zero-order valence-electron chi connectivity index (χ0n) is 35.4. The first-order chi connectivity index (χ1) is 31.5. The lowest BCUT2D eigenvalue weighted by molar-refractivity contribution is 0.669. The largest absolute Gasteiger partial charge is 0.456 e. The van der Waals surface area contributed by atoms with Gasteiger partial charge in [0.15, 0.2) is 0 Å².